The second-order valence-corrected chi connectivity index (χ2v) is 5.14. The largest absolute Gasteiger partial charge is 0.256 e. The van der Waals surface area contributed by atoms with Crippen molar-refractivity contribution in [2.24, 2.45) is 5.92 Å². The molecule has 1 N–H and O–H groups in total. The van der Waals surface area contributed by atoms with Crippen molar-refractivity contribution in [3.05, 3.63) is 71.8 Å². The van der Waals surface area contributed by atoms with Crippen LogP contribution < -0.4 is 4.34 Å². The molecule has 18 heavy (non-hydrogen) atoms. The van der Waals surface area contributed by atoms with Crippen molar-refractivity contribution in [3.8, 4) is 0 Å². The van der Waals surface area contributed by atoms with E-state index in [0.717, 1.165) is 19.4 Å². The molecule has 0 aliphatic rings. The van der Waals surface area contributed by atoms with Gasteiger partial charge in [0.2, 0.25) is 0 Å². The molecule has 94 valence electrons. The molecule has 2 heteroatoms. The number of hydrogen-bond donors (Lipinski definition) is 1. The number of nitrogens with one attached hydrogen (secondary N) is 1. The van der Waals surface area contributed by atoms with Crippen LogP contribution in [0.1, 0.15) is 11.1 Å². The third-order valence-corrected chi connectivity index (χ3v) is 3.42. The predicted molar refractivity (Wildman–Crippen MR) is 80.7 cm³/mol. The SMILES string of the molecule is BrNCC(Cc1ccccc1)Cc1ccccc1. The minimum absolute atomic E-state index is 0.606. The lowest BCUT2D eigenvalue weighted by molar-refractivity contribution is 0.521. The summed E-state index contributed by atoms with van der Waals surface area (Å²) < 4.78 is 3.12. The summed E-state index contributed by atoms with van der Waals surface area (Å²) in [5.74, 6) is 0.606. The summed E-state index contributed by atoms with van der Waals surface area (Å²) in [5, 5.41) is 0. The molecule has 1 nitrogen and oxygen atoms in total. The van der Waals surface area contributed by atoms with E-state index in [1.54, 1.807) is 0 Å². The van der Waals surface area contributed by atoms with Gasteiger partial charge in [0.25, 0.3) is 0 Å². The van der Waals surface area contributed by atoms with Gasteiger partial charge in [-0.3, -0.25) is 4.34 Å². The Bertz CT molecular complexity index is 400. The van der Waals surface area contributed by atoms with Crippen LogP contribution in [0.3, 0.4) is 0 Å². The van der Waals surface area contributed by atoms with E-state index < -0.39 is 0 Å². The van der Waals surface area contributed by atoms with Crippen LogP contribution in [-0.4, -0.2) is 6.54 Å². The van der Waals surface area contributed by atoms with Crippen molar-refractivity contribution in [1.29, 1.82) is 0 Å². The van der Waals surface area contributed by atoms with E-state index in [4.69, 9.17) is 0 Å². The van der Waals surface area contributed by atoms with Gasteiger partial charge in [-0.05, 0) is 29.9 Å². The average Bonchev–Trinajstić information content (AvgIpc) is 2.41. The number of hydrogen-bond acceptors (Lipinski definition) is 1. The lowest BCUT2D eigenvalue weighted by atomic mass is 9.93. The maximum atomic E-state index is 3.33. The van der Waals surface area contributed by atoms with Crippen LogP contribution >= 0.6 is 16.1 Å². The summed E-state index contributed by atoms with van der Waals surface area (Å²) in [6.45, 7) is 0.976. The van der Waals surface area contributed by atoms with Crippen LogP contribution in [0.25, 0.3) is 0 Å². The molecule has 0 aliphatic carbocycles. The van der Waals surface area contributed by atoms with Gasteiger partial charge in [-0.15, -0.1) is 0 Å². The van der Waals surface area contributed by atoms with Crippen LogP contribution in [-0.2, 0) is 12.8 Å². The van der Waals surface area contributed by atoms with Gasteiger partial charge in [0.15, 0.2) is 0 Å². The Kier molecular flexibility index (Phi) is 5.43. The molecule has 0 bridgehead atoms. The Hall–Kier alpha value is -1.12. The van der Waals surface area contributed by atoms with E-state index in [0.29, 0.717) is 5.92 Å². The minimum Gasteiger partial charge on any atom is -0.256 e. The van der Waals surface area contributed by atoms with Gasteiger partial charge in [-0.25, -0.2) is 0 Å². The van der Waals surface area contributed by atoms with Gasteiger partial charge in [0.05, 0.1) is 0 Å². The van der Waals surface area contributed by atoms with Crippen molar-refractivity contribution in [3.63, 3.8) is 0 Å². The molecule has 0 fully saturated rings. The quantitative estimate of drug-likeness (QED) is 0.796. The summed E-state index contributed by atoms with van der Waals surface area (Å²) >= 11 is 3.33. The van der Waals surface area contributed by atoms with Gasteiger partial charge in [-0.1, -0.05) is 60.7 Å². The molecular formula is C16H18BrN. The van der Waals surface area contributed by atoms with Gasteiger partial charge in [0.1, 0.15) is 0 Å². The second-order valence-electron chi connectivity index (χ2n) is 4.58. The highest BCUT2D eigenvalue weighted by molar-refractivity contribution is 9.08. The molecule has 0 heterocycles. The number of benzene rings is 2. The Labute approximate surface area is 118 Å². The Balaban J connectivity index is 2.00. The summed E-state index contributed by atoms with van der Waals surface area (Å²) in [6, 6.07) is 21.4. The highest BCUT2D eigenvalue weighted by atomic mass is 79.9. The summed E-state index contributed by atoms with van der Waals surface area (Å²) in [5.41, 5.74) is 2.81. The van der Waals surface area contributed by atoms with Crippen LogP contribution in [0.4, 0.5) is 0 Å². The highest BCUT2D eigenvalue weighted by Crippen LogP contribution is 2.14. The first kappa shape index (κ1) is 13.3. The lowest BCUT2D eigenvalue weighted by Crippen LogP contribution is -2.19. The molecule has 0 radical (unpaired) electrons. The summed E-state index contributed by atoms with van der Waals surface area (Å²) in [4.78, 5) is 0. The topological polar surface area (TPSA) is 12.0 Å². The van der Waals surface area contributed by atoms with E-state index in [9.17, 15) is 0 Å². The van der Waals surface area contributed by atoms with Crippen LogP contribution in [0.5, 0.6) is 0 Å². The number of rotatable bonds is 6. The first-order valence-corrected chi connectivity index (χ1v) is 7.09. The third kappa shape index (κ3) is 4.28. The first-order chi connectivity index (χ1) is 8.88. The van der Waals surface area contributed by atoms with E-state index in [-0.39, 0.29) is 0 Å². The second kappa shape index (κ2) is 7.34. The standard InChI is InChI=1S/C16H18BrN/c17-18-13-16(11-14-7-3-1-4-8-14)12-15-9-5-2-6-10-15/h1-10,16,18H,11-13H2. The van der Waals surface area contributed by atoms with Crippen LogP contribution in [0.2, 0.25) is 0 Å². The molecule has 2 aromatic rings. The maximum absolute atomic E-state index is 3.33. The highest BCUT2D eigenvalue weighted by Gasteiger charge is 2.10. The molecule has 2 rings (SSSR count). The zero-order valence-electron chi connectivity index (χ0n) is 10.4. The third-order valence-electron chi connectivity index (χ3n) is 3.10. The molecule has 0 saturated carbocycles. The molecule has 0 amide bonds. The van der Waals surface area contributed by atoms with Gasteiger partial charge in [-0.2, -0.15) is 0 Å². The molecule has 0 unspecified atom stereocenters. The molecular weight excluding hydrogens is 286 g/mol. The van der Waals surface area contributed by atoms with E-state index in [2.05, 4.69) is 81.2 Å². The summed E-state index contributed by atoms with van der Waals surface area (Å²) in [7, 11) is 0. The van der Waals surface area contributed by atoms with Gasteiger partial charge < -0.3 is 0 Å². The zero-order valence-corrected chi connectivity index (χ0v) is 11.9. The Morgan fingerprint density at radius 1 is 0.778 bits per heavy atom. The van der Waals surface area contributed by atoms with Crippen molar-refractivity contribution in [2.45, 2.75) is 12.8 Å². The Morgan fingerprint density at radius 3 is 1.61 bits per heavy atom. The molecule has 2 aromatic carbocycles. The average molecular weight is 304 g/mol. The maximum Gasteiger partial charge on any atom is 0.00962 e. The normalized spacial score (nSPS) is 10.8. The van der Waals surface area contributed by atoms with Gasteiger partial charge in [0, 0.05) is 22.7 Å². The smallest absolute Gasteiger partial charge is 0.00962 e. The van der Waals surface area contributed by atoms with Crippen molar-refractivity contribution in [1.82, 2.24) is 4.34 Å². The Morgan fingerprint density at radius 2 is 1.22 bits per heavy atom. The lowest BCUT2D eigenvalue weighted by Gasteiger charge is -2.16. The fourth-order valence-corrected chi connectivity index (χ4v) is 2.68. The monoisotopic (exact) mass is 303 g/mol. The van der Waals surface area contributed by atoms with E-state index in [1.807, 2.05) is 0 Å². The summed E-state index contributed by atoms with van der Waals surface area (Å²) in [6.07, 6.45) is 2.21. The fourth-order valence-electron chi connectivity index (χ4n) is 2.22. The van der Waals surface area contributed by atoms with E-state index in [1.165, 1.54) is 11.1 Å². The van der Waals surface area contributed by atoms with Crippen LogP contribution in [0.15, 0.2) is 60.7 Å². The van der Waals surface area contributed by atoms with Crippen molar-refractivity contribution in [2.75, 3.05) is 6.54 Å². The van der Waals surface area contributed by atoms with E-state index >= 15 is 0 Å². The van der Waals surface area contributed by atoms with Crippen molar-refractivity contribution < 1.29 is 0 Å². The van der Waals surface area contributed by atoms with Gasteiger partial charge >= 0.3 is 0 Å². The molecule has 0 aromatic heterocycles. The fraction of sp³-hybridized carbons (Fsp3) is 0.250. The predicted octanol–water partition coefficient (Wildman–Crippen LogP) is 3.99. The van der Waals surface area contributed by atoms with Crippen LogP contribution in [0, 0.1) is 5.92 Å². The zero-order chi connectivity index (χ0) is 12.6. The molecule has 0 spiro atoms. The molecule has 0 saturated heterocycles. The molecule has 0 aliphatic heterocycles. The molecule has 0 atom stereocenters. The van der Waals surface area contributed by atoms with Crippen molar-refractivity contribution >= 4 is 16.1 Å². The number of halogens is 1. The first-order valence-electron chi connectivity index (χ1n) is 6.30. The minimum atomic E-state index is 0.606.